The molecule has 0 spiro atoms. The van der Waals surface area contributed by atoms with E-state index in [-0.39, 0.29) is 12.0 Å². The monoisotopic (exact) mass is 223 g/mol. The van der Waals surface area contributed by atoms with Crippen LogP contribution in [0.2, 0.25) is 0 Å². The van der Waals surface area contributed by atoms with Gasteiger partial charge in [-0.1, -0.05) is 0 Å². The molecule has 86 valence electrons. The number of methoxy groups -OCH3 is 2. The Labute approximate surface area is 93.0 Å². The Bertz CT molecular complexity index is 390. The van der Waals surface area contributed by atoms with Crippen LogP contribution >= 0.6 is 0 Å². The standard InChI is InChI=1S/C10H11N2O4/c1-10(6-12,9(14)16-3)4-7(5-11)8(13)15-2/h4H2,1-3H3/q-1. The number of ether oxygens (including phenoxy) is 2. The van der Waals surface area contributed by atoms with Crippen LogP contribution in [0.1, 0.15) is 13.3 Å². The van der Waals surface area contributed by atoms with E-state index in [1.807, 2.05) is 0 Å². The van der Waals surface area contributed by atoms with Gasteiger partial charge >= 0.3 is 11.9 Å². The highest BCUT2D eigenvalue weighted by Crippen LogP contribution is 2.26. The SMILES string of the molecule is COC(=O)C(=C=[N-])CC(C)(C#N)C(=O)OC. The molecule has 6 nitrogen and oxygen atoms in total. The number of nitriles is 1. The summed E-state index contributed by atoms with van der Waals surface area (Å²) in [7, 11) is 2.24. The van der Waals surface area contributed by atoms with Crippen molar-refractivity contribution in [1.29, 1.82) is 5.26 Å². The van der Waals surface area contributed by atoms with Gasteiger partial charge < -0.3 is 14.9 Å². The Morgan fingerprint density at radius 1 is 1.38 bits per heavy atom. The van der Waals surface area contributed by atoms with Crippen LogP contribution in [-0.4, -0.2) is 32.0 Å². The Kier molecular flexibility index (Phi) is 4.93. The molecule has 0 amide bonds. The van der Waals surface area contributed by atoms with E-state index in [1.165, 1.54) is 6.92 Å². The molecule has 0 radical (unpaired) electrons. The Morgan fingerprint density at radius 3 is 2.25 bits per heavy atom. The molecule has 0 rings (SSSR count). The van der Waals surface area contributed by atoms with E-state index < -0.39 is 17.4 Å². The maximum atomic E-state index is 11.3. The number of hydrogen-bond acceptors (Lipinski definition) is 5. The van der Waals surface area contributed by atoms with Gasteiger partial charge in [-0.15, -0.1) is 0 Å². The summed E-state index contributed by atoms with van der Waals surface area (Å²) in [6.07, 6.45) is -0.334. The van der Waals surface area contributed by atoms with Crippen LogP contribution in [0.25, 0.3) is 5.41 Å². The zero-order valence-electron chi connectivity index (χ0n) is 9.23. The van der Waals surface area contributed by atoms with Crippen molar-refractivity contribution in [2.45, 2.75) is 13.3 Å². The highest BCUT2D eigenvalue weighted by atomic mass is 16.5. The minimum Gasteiger partial charge on any atom is -0.763 e. The highest BCUT2D eigenvalue weighted by molar-refractivity contribution is 5.99. The quantitative estimate of drug-likeness (QED) is 0.390. The van der Waals surface area contributed by atoms with Gasteiger partial charge in [-0.05, 0) is 6.92 Å². The van der Waals surface area contributed by atoms with E-state index in [1.54, 1.807) is 11.9 Å². The lowest BCUT2D eigenvalue weighted by Gasteiger charge is -2.18. The fourth-order valence-electron chi connectivity index (χ4n) is 1.02. The molecule has 1 atom stereocenters. The molecule has 16 heavy (non-hydrogen) atoms. The van der Waals surface area contributed by atoms with Gasteiger partial charge in [0, 0.05) is 6.42 Å². The van der Waals surface area contributed by atoms with Crippen molar-refractivity contribution in [1.82, 2.24) is 0 Å². The van der Waals surface area contributed by atoms with Crippen molar-refractivity contribution >= 4 is 17.8 Å². The van der Waals surface area contributed by atoms with Gasteiger partial charge in [-0.2, -0.15) is 5.26 Å². The summed E-state index contributed by atoms with van der Waals surface area (Å²) in [5.41, 5.74) is -1.86. The number of nitrogens with zero attached hydrogens (tertiary/aromatic N) is 2. The number of hydrogen-bond donors (Lipinski definition) is 0. The van der Waals surface area contributed by atoms with E-state index >= 15 is 0 Å². The van der Waals surface area contributed by atoms with Crippen molar-refractivity contribution in [3.63, 3.8) is 0 Å². The summed E-state index contributed by atoms with van der Waals surface area (Å²) < 4.78 is 8.78. The van der Waals surface area contributed by atoms with Crippen LogP contribution in [-0.2, 0) is 19.1 Å². The van der Waals surface area contributed by atoms with Crippen molar-refractivity contribution in [2.24, 2.45) is 5.41 Å². The van der Waals surface area contributed by atoms with Crippen LogP contribution in [0.3, 0.4) is 0 Å². The Morgan fingerprint density at radius 2 is 1.94 bits per heavy atom. The average molecular weight is 223 g/mol. The molecular formula is C10H11N2O4-. The largest absolute Gasteiger partial charge is 0.763 e. The number of carbonyl (C=O) groups is 2. The zero-order chi connectivity index (χ0) is 12.8. The molecule has 6 heteroatoms. The third kappa shape index (κ3) is 2.94. The summed E-state index contributed by atoms with van der Waals surface area (Å²) in [6.45, 7) is 1.29. The summed E-state index contributed by atoms with van der Waals surface area (Å²) in [4.78, 5) is 22.4. The van der Waals surface area contributed by atoms with Crippen LogP contribution in [0.4, 0.5) is 0 Å². The zero-order valence-corrected chi connectivity index (χ0v) is 9.23. The lowest BCUT2D eigenvalue weighted by atomic mass is 9.85. The molecule has 0 aromatic rings. The number of carbonyl (C=O) groups excluding carboxylic acids is 2. The summed E-state index contributed by atoms with van der Waals surface area (Å²) in [5, 5.41) is 17.6. The molecule has 0 aromatic carbocycles. The first-order chi connectivity index (χ1) is 7.45. The fraction of sp³-hybridized carbons (Fsp3) is 0.500. The normalized spacial score (nSPS) is 12.6. The molecule has 0 saturated heterocycles. The third-order valence-corrected chi connectivity index (χ3v) is 1.98. The molecule has 0 saturated carbocycles. The first kappa shape index (κ1) is 13.9. The van der Waals surface area contributed by atoms with Gasteiger partial charge in [0.05, 0.1) is 25.9 Å². The average Bonchev–Trinajstić information content (AvgIpc) is 2.33. The molecular weight excluding hydrogens is 212 g/mol. The van der Waals surface area contributed by atoms with Gasteiger partial charge in [-0.3, -0.25) is 10.7 Å². The minimum absolute atomic E-state index is 0.294. The van der Waals surface area contributed by atoms with E-state index in [0.717, 1.165) is 14.2 Å². The Balaban J connectivity index is 5.07. The second-order valence-electron chi connectivity index (χ2n) is 3.19. The predicted octanol–water partition coefficient (Wildman–Crippen LogP) is 0.418. The summed E-state index contributed by atoms with van der Waals surface area (Å²) in [5.74, 6) is -0.0483. The molecule has 0 heterocycles. The second kappa shape index (κ2) is 5.69. The minimum atomic E-state index is -1.56. The van der Waals surface area contributed by atoms with E-state index in [9.17, 15) is 9.59 Å². The fourth-order valence-corrected chi connectivity index (χ4v) is 1.02. The lowest BCUT2D eigenvalue weighted by Crippen LogP contribution is -2.29. The smallest absolute Gasteiger partial charge is 0.339 e. The van der Waals surface area contributed by atoms with Gasteiger partial charge in [-0.25, -0.2) is 4.79 Å². The van der Waals surface area contributed by atoms with Crippen molar-refractivity contribution in [3.8, 4) is 6.07 Å². The summed E-state index contributed by atoms with van der Waals surface area (Å²) >= 11 is 0. The lowest BCUT2D eigenvalue weighted by molar-refractivity contribution is -0.148. The van der Waals surface area contributed by atoms with Crippen molar-refractivity contribution in [2.75, 3.05) is 14.2 Å². The molecule has 0 aliphatic rings. The molecule has 0 bridgehead atoms. The van der Waals surface area contributed by atoms with Crippen LogP contribution in [0.15, 0.2) is 5.57 Å². The predicted molar refractivity (Wildman–Crippen MR) is 54.2 cm³/mol. The van der Waals surface area contributed by atoms with Crippen molar-refractivity contribution in [3.05, 3.63) is 11.0 Å². The van der Waals surface area contributed by atoms with Crippen LogP contribution in [0.5, 0.6) is 0 Å². The first-order valence-corrected chi connectivity index (χ1v) is 4.29. The maximum Gasteiger partial charge on any atom is 0.339 e. The van der Waals surface area contributed by atoms with Gasteiger partial charge in [0.2, 0.25) is 0 Å². The molecule has 0 aromatic heterocycles. The highest BCUT2D eigenvalue weighted by Gasteiger charge is 2.36. The van der Waals surface area contributed by atoms with E-state index in [4.69, 9.17) is 10.7 Å². The van der Waals surface area contributed by atoms with E-state index in [0.29, 0.717) is 0 Å². The van der Waals surface area contributed by atoms with Gasteiger partial charge in [0.25, 0.3) is 0 Å². The topological polar surface area (TPSA) is 98.7 Å². The second-order valence-corrected chi connectivity index (χ2v) is 3.19. The molecule has 0 N–H and O–H groups in total. The van der Waals surface area contributed by atoms with Gasteiger partial charge in [0.1, 0.15) is 0 Å². The van der Waals surface area contributed by atoms with Crippen molar-refractivity contribution < 1.29 is 19.1 Å². The molecule has 0 aliphatic carbocycles. The molecule has 0 aliphatic heterocycles. The van der Waals surface area contributed by atoms with Crippen LogP contribution < -0.4 is 0 Å². The maximum absolute atomic E-state index is 11.3. The molecule has 0 fully saturated rings. The van der Waals surface area contributed by atoms with E-state index in [2.05, 4.69) is 9.47 Å². The number of rotatable bonds is 4. The summed E-state index contributed by atoms with van der Waals surface area (Å²) in [6, 6.07) is 1.72. The van der Waals surface area contributed by atoms with Gasteiger partial charge in [0.15, 0.2) is 5.41 Å². The third-order valence-electron chi connectivity index (χ3n) is 1.98. The van der Waals surface area contributed by atoms with Crippen LogP contribution in [0, 0.1) is 16.7 Å². The Hall–Kier alpha value is -2.12. The molecule has 1 unspecified atom stereocenters. The number of esters is 2. The first-order valence-electron chi connectivity index (χ1n) is 4.29.